The number of nitrogens with one attached hydrogen (secondary N) is 2. The van der Waals surface area contributed by atoms with E-state index < -0.39 is 16.3 Å². The number of hydrogen-bond donors (Lipinski definition) is 3. The second-order valence-corrected chi connectivity index (χ2v) is 9.58. The normalized spacial score (nSPS) is 13.9. The number of ether oxygens (including phenoxy) is 1. The Hall–Kier alpha value is -3.53. The average molecular weight is 481 g/mol. The van der Waals surface area contributed by atoms with Gasteiger partial charge in [0.2, 0.25) is 0 Å². The molecule has 0 saturated carbocycles. The molecule has 3 aromatic rings. The number of anilines is 2. The molecule has 0 fully saturated rings. The van der Waals surface area contributed by atoms with E-state index in [9.17, 15) is 22.6 Å². The monoisotopic (exact) mass is 480 g/mol. The summed E-state index contributed by atoms with van der Waals surface area (Å²) < 4.78 is 39.0. The van der Waals surface area contributed by atoms with Gasteiger partial charge in [-0.15, -0.1) is 0 Å². The van der Waals surface area contributed by atoms with Gasteiger partial charge in [-0.25, -0.2) is 0 Å². The Balaban J connectivity index is 1.88. The van der Waals surface area contributed by atoms with Crippen LogP contribution in [0, 0.1) is 0 Å². The van der Waals surface area contributed by atoms with Crippen LogP contribution in [0.5, 0.6) is 0 Å². The van der Waals surface area contributed by atoms with E-state index >= 15 is 0 Å². The molecule has 0 bridgehead atoms. The molecule has 0 radical (unpaired) electrons. The molecule has 3 aromatic carbocycles. The average Bonchev–Trinajstić information content (AvgIpc) is 2.80. The van der Waals surface area contributed by atoms with E-state index in [1.807, 2.05) is 13.8 Å². The molecule has 1 aliphatic rings. The molecular formula is C25H24N2O6S. The zero-order valence-electron chi connectivity index (χ0n) is 18.8. The fourth-order valence-electron chi connectivity index (χ4n) is 4.11. The number of fused-ring (bicyclic) bond motifs is 2. The van der Waals surface area contributed by atoms with Gasteiger partial charge in [-0.05, 0) is 32.0 Å². The Kier molecular flexibility index (Phi) is 6.26. The molecule has 9 heteroatoms. The first-order valence-corrected chi connectivity index (χ1v) is 12.0. The largest absolute Gasteiger partial charge is 0.382 e. The molecule has 4 rings (SSSR count). The van der Waals surface area contributed by atoms with Crippen molar-refractivity contribution >= 4 is 33.1 Å². The number of methoxy groups -OCH3 is 1. The van der Waals surface area contributed by atoms with Gasteiger partial charge in [-0.2, -0.15) is 8.42 Å². The molecule has 0 aliphatic heterocycles. The first-order valence-electron chi connectivity index (χ1n) is 10.6. The minimum absolute atomic E-state index is 0.0105. The summed E-state index contributed by atoms with van der Waals surface area (Å²) in [5.74, 6) is -0.623. The lowest BCUT2D eigenvalue weighted by Gasteiger charge is -2.27. The summed E-state index contributed by atoms with van der Waals surface area (Å²) in [6.45, 7) is 3.85. The molecule has 8 nitrogen and oxygen atoms in total. The molecule has 0 amide bonds. The van der Waals surface area contributed by atoms with E-state index in [1.54, 1.807) is 42.5 Å². The van der Waals surface area contributed by atoms with Crippen molar-refractivity contribution in [3.8, 4) is 0 Å². The van der Waals surface area contributed by atoms with Crippen LogP contribution in [0.25, 0.3) is 0 Å². The Morgan fingerprint density at radius 3 is 1.79 bits per heavy atom. The molecule has 0 saturated heterocycles. The lowest BCUT2D eigenvalue weighted by Crippen LogP contribution is -2.26. The van der Waals surface area contributed by atoms with E-state index in [0.717, 1.165) is 0 Å². The summed E-state index contributed by atoms with van der Waals surface area (Å²) in [5, 5.41) is 6.27. The maximum Gasteiger partial charge on any atom is 0.294 e. The summed E-state index contributed by atoms with van der Waals surface area (Å²) in [6, 6.07) is 15.8. The van der Waals surface area contributed by atoms with Crippen LogP contribution in [0.4, 0.5) is 11.4 Å². The fraction of sp³-hybridized carbons (Fsp3) is 0.200. The van der Waals surface area contributed by atoms with Gasteiger partial charge in [0, 0.05) is 41.2 Å². The number of benzene rings is 3. The van der Waals surface area contributed by atoms with Crippen molar-refractivity contribution in [1.29, 1.82) is 0 Å². The van der Waals surface area contributed by atoms with Crippen LogP contribution in [0.1, 0.15) is 57.5 Å². The van der Waals surface area contributed by atoms with Crippen LogP contribution in [0.3, 0.4) is 0 Å². The molecule has 1 unspecified atom stereocenters. The van der Waals surface area contributed by atoms with Gasteiger partial charge in [0.1, 0.15) is 4.90 Å². The Labute approximate surface area is 197 Å². The molecule has 0 heterocycles. The van der Waals surface area contributed by atoms with Crippen molar-refractivity contribution in [3.05, 3.63) is 88.5 Å². The number of rotatable bonds is 7. The Morgan fingerprint density at radius 1 is 0.794 bits per heavy atom. The molecule has 1 aliphatic carbocycles. The number of ketones is 2. The standard InChI is InChI=1S/C25H24N2O6S/c1-14(2)26-18-12-13-19(22-21(18)23(28)15-8-4-5-9-16(15)24(22)29)27-25(33-3)17-10-6-7-11-20(17)34(30,31)32/h4-14,25-27H,1-3H3,(H,30,31,32). The van der Waals surface area contributed by atoms with E-state index in [4.69, 9.17) is 4.74 Å². The molecular weight excluding hydrogens is 456 g/mol. The highest BCUT2D eigenvalue weighted by Crippen LogP contribution is 2.38. The summed E-state index contributed by atoms with van der Waals surface area (Å²) in [4.78, 5) is 26.7. The molecule has 0 aromatic heterocycles. The zero-order valence-corrected chi connectivity index (χ0v) is 19.6. The molecule has 1 atom stereocenters. The third-order valence-electron chi connectivity index (χ3n) is 5.52. The predicted molar refractivity (Wildman–Crippen MR) is 128 cm³/mol. The Morgan fingerprint density at radius 2 is 1.29 bits per heavy atom. The van der Waals surface area contributed by atoms with Crippen molar-refractivity contribution in [1.82, 2.24) is 0 Å². The van der Waals surface area contributed by atoms with Gasteiger partial charge in [0.05, 0.1) is 11.1 Å². The van der Waals surface area contributed by atoms with Crippen molar-refractivity contribution in [2.45, 2.75) is 31.0 Å². The van der Waals surface area contributed by atoms with Gasteiger partial charge in [-0.1, -0.05) is 42.5 Å². The quantitative estimate of drug-likeness (QED) is 0.265. The number of carbonyl (C=O) groups is 2. The first kappa shape index (κ1) is 23.6. The number of carbonyl (C=O) groups excluding carboxylic acids is 2. The van der Waals surface area contributed by atoms with Gasteiger partial charge in [0.25, 0.3) is 10.1 Å². The number of hydrogen-bond acceptors (Lipinski definition) is 7. The van der Waals surface area contributed by atoms with Crippen molar-refractivity contribution < 1.29 is 27.3 Å². The molecule has 34 heavy (non-hydrogen) atoms. The van der Waals surface area contributed by atoms with Crippen LogP contribution < -0.4 is 10.6 Å². The fourth-order valence-corrected chi connectivity index (χ4v) is 4.83. The van der Waals surface area contributed by atoms with Crippen LogP contribution in [-0.4, -0.2) is 37.7 Å². The topological polar surface area (TPSA) is 122 Å². The third-order valence-corrected chi connectivity index (χ3v) is 6.45. The second kappa shape index (κ2) is 9.02. The van der Waals surface area contributed by atoms with Crippen LogP contribution in [0.2, 0.25) is 0 Å². The molecule has 176 valence electrons. The minimum atomic E-state index is -4.53. The molecule has 3 N–H and O–H groups in total. The maximum absolute atomic E-state index is 13.5. The predicted octanol–water partition coefficient (Wildman–Crippen LogP) is 4.29. The van der Waals surface area contributed by atoms with E-state index in [2.05, 4.69) is 10.6 Å². The van der Waals surface area contributed by atoms with E-state index in [-0.39, 0.29) is 44.8 Å². The van der Waals surface area contributed by atoms with Crippen LogP contribution in [-0.2, 0) is 14.9 Å². The summed E-state index contributed by atoms with van der Waals surface area (Å²) in [6.07, 6.45) is -1.04. The SMILES string of the molecule is COC(Nc1ccc(NC(C)C)c2c1C(=O)c1ccccc1C2=O)c1ccccc1S(=O)(=O)O. The van der Waals surface area contributed by atoms with Gasteiger partial charge in [0.15, 0.2) is 17.8 Å². The van der Waals surface area contributed by atoms with Crippen molar-refractivity contribution in [3.63, 3.8) is 0 Å². The maximum atomic E-state index is 13.5. The van der Waals surface area contributed by atoms with Gasteiger partial charge >= 0.3 is 0 Å². The second-order valence-electron chi connectivity index (χ2n) is 8.19. The van der Waals surface area contributed by atoms with E-state index in [0.29, 0.717) is 16.9 Å². The van der Waals surface area contributed by atoms with Crippen LogP contribution >= 0.6 is 0 Å². The molecule has 0 spiro atoms. The smallest absolute Gasteiger partial charge is 0.294 e. The van der Waals surface area contributed by atoms with Crippen LogP contribution in [0.15, 0.2) is 65.6 Å². The highest BCUT2D eigenvalue weighted by molar-refractivity contribution is 7.85. The van der Waals surface area contributed by atoms with Crippen molar-refractivity contribution in [2.24, 2.45) is 0 Å². The highest BCUT2D eigenvalue weighted by atomic mass is 32.2. The summed E-state index contributed by atoms with van der Waals surface area (Å²) in [5.41, 5.74) is 1.99. The first-order chi connectivity index (χ1) is 16.1. The van der Waals surface area contributed by atoms with Crippen molar-refractivity contribution in [2.75, 3.05) is 17.7 Å². The lowest BCUT2D eigenvalue weighted by molar-refractivity contribution is 0.0979. The van der Waals surface area contributed by atoms with E-state index in [1.165, 1.54) is 25.3 Å². The minimum Gasteiger partial charge on any atom is -0.382 e. The lowest BCUT2D eigenvalue weighted by atomic mass is 9.82. The Bertz CT molecular complexity index is 1400. The highest BCUT2D eigenvalue weighted by Gasteiger charge is 2.35. The van der Waals surface area contributed by atoms with Gasteiger partial charge < -0.3 is 15.4 Å². The zero-order chi connectivity index (χ0) is 24.6. The summed E-state index contributed by atoms with van der Waals surface area (Å²) >= 11 is 0. The summed E-state index contributed by atoms with van der Waals surface area (Å²) in [7, 11) is -3.17. The third kappa shape index (κ3) is 4.21. The van der Waals surface area contributed by atoms with Gasteiger partial charge in [-0.3, -0.25) is 14.1 Å².